The van der Waals surface area contributed by atoms with Crippen molar-refractivity contribution in [3.05, 3.63) is 87.6 Å². The number of sulfonamides is 1. The van der Waals surface area contributed by atoms with Gasteiger partial charge in [0.05, 0.1) is 15.8 Å². The highest BCUT2D eigenvalue weighted by Crippen LogP contribution is 2.35. The minimum absolute atomic E-state index is 0.0262. The van der Waals surface area contributed by atoms with Gasteiger partial charge in [-0.25, -0.2) is 8.42 Å². The van der Waals surface area contributed by atoms with Crippen molar-refractivity contribution in [2.75, 3.05) is 16.6 Å². The first-order valence-corrected chi connectivity index (χ1v) is 13.1. The zero-order valence-electron chi connectivity index (χ0n) is 18.2. The van der Waals surface area contributed by atoms with Gasteiger partial charge in [0.2, 0.25) is 0 Å². The molecule has 2 heterocycles. The molecule has 0 radical (unpaired) electrons. The second kappa shape index (κ2) is 8.81. The van der Waals surface area contributed by atoms with Crippen LogP contribution >= 0.6 is 15.9 Å². The summed E-state index contributed by atoms with van der Waals surface area (Å²) < 4.78 is 36.0. The van der Waals surface area contributed by atoms with Crippen molar-refractivity contribution in [3.8, 4) is 0 Å². The molecule has 0 fully saturated rings. The number of nitrogen functional groups attached to an aromatic ring is 1. The molecule has 4 aromatic rings. The van der Waals surface area contributed by atoms with Crippen molar-refractivity contribution in [1.82, 2.24) is 0 Å². The van der Waals surface area contributed by atoms with Crippen LogP contribution in [0.4, 0.5) is 11.4 Å². The standard InChI is InChI=1S/C25H23BrN4O3S/c26-23-19-11-10-18(30-34(31,32)22-5-1-3-16-4-2-12-29-24(16)22)14-20(19)33-21(23)13-15-6-8-17(9-7-15)25(27)28/h1,3,5-11,14,29-30H,2,4,12-13H2,(H3,27,28). The van der Waals surface area contributed by atoms with Gasteiger partial charge in [-0.3, -0.25) is 10.1 Å². The number of rotatable bonds is 6. The molecule has 0 unspecified atom stereocenters. The number of amidine groups is 1. The average molecular weight is 539 g/mol. The third-order valence-electron chi connectivity index (χ3n) is 5.90. The SMILES string of the molecule is N=C(N)c1ccc(Cc2oc3cc(NS(=O)(=O)c4cccc5c4NCCC5)ccc3c2Br)cc1. The molecular formula is C25H23BrN4O3S. The number of benzene rings is 3. The fourth-order valence-electron chi connectivity index (χ4n) is 4.19. The normalized spacial score (nSPS) is 13.3. The molecule has 7 nitrogen and oxygen atoms in total. The summed E-state index contributed by atoms with van der Waals surface area (Å²) in [6, 6.07) is 18.0. The van der Waals surface area contributed by atoms with Crippen LogP contribution in [-0.2, 0) is 22.9 Å². The van der Waals surface area contributed by atoms with Crippen LogP contribution in [-0.4, -0.2) is 20.8 Å². The molecule has 3 aromatic carbocycles. The van der Waals surface area contributed by atoms with Crippen molar-refractivity contribution < 1.29 is 12.8 Å². The summed E-state index contributed by atoms with van der Waals surface area (Å²) in [5.41, 5.74) is 9.90. The Morgan fingerprint density at radius 2 is 1.94 bits per heavy atom. The van der Waals surface area contributed by atoms with Crippen LogP contribution in [0.1, 0.15) is 28.9 Å². The first-order valence-electron chi connectivity index (χ1n) is 10.8. The largest absolute Gasteiger partial charge is 0.459 e. The Morgan fingerprint density at radius 3 is 2.71 bits per heavy atom. The maximum Gasteiger partial charge on any atom is 0.263 e. The van der Waals surface area contributed by atoms with Crippen molar-refractivity contribution in [3.63, 3.8) is 0 Å². The predicted octanol–water partition coefficient (Wildman–Crippen LogP) is 5.23. The third-order valence-corrected chi connectivity index (χ3v) is 8.20. The molecule has 0 spiro atoms. The molecule has 1 aliphatic rings. The van der Waals surface area contributed by atoms with Gasteiger partial charge >= 0.3 is 0 Å². The van der Waals surface area contributed by atoms with Gasteiger partial charge in [-0.05, 0) is 58.1 Å². The number of furan rings is 1. The van der Waals surface area contributed by atoms with Gasteiger partial charge in [-0.1, -0.05) is 36.4 Å². The summed E-state index contributed by atoms with van der Waals surface area (Å²) >= 11 is 3.62. The number of para-hydroxylation sites is 1. The number of fused-ring (bicyclic) bond motifs is 2. The number of halogens is 1. The van der Waals surface area contributed by atoms with Crippen LogP contribution in [0.2, 0.25) is 0 Å². The zero-order valence-corrected chi connectivity index (χ0v) is 20.6. The number of nitrogens with one attached hydrogen (secondary N) is 3. The molecule has 174 valence electrons. The topological polar surface area (TPSA) is 121 Å². The smallest absolute Gasteiger partial charge is 0.263 e. The van der Waals surface area contributed by atoms with E-state index in [0.29, 0.717) is 28.9 Å². The highest BCUT2D eigenvalue weighted by atomic mass is 79.9. The number of aryl methyl sites for hydroxylation is 1. The Bertz CT molecular complexity index is 1510. The molecule has 0 saturated heterocycles. The first-order chi connectivity index (χ1) is 16.3. The molecule has 5 N–H and O–H groups in total. The molecule has 0 saturated carbocycles. The van der Waals surface area contributed by atoms with E-state index in [9.17, 15) is 8.42 Å². The van der Waals surface area contributed by atoms with Gasteiger partial charge < -0.3 is 15.5 Å². The Morgan fingerprint density at radius 1 is 1.15 bits per heavy atom. The van der Waals surface area contributed by atoms with E-state index in [1.807, 2.05) is 24.3 Å². The lowest BCUT2D eigenvalue weighted by molar-refractivity contribution is 0.560. The lowest BCUT2D eigenvalue weighted by Gasteiger charge is -2.21. The van der Waals surface area contributed by atoms with Crippen LogP contribution in [0.5, 0.6) is 0 Å². The summed E-state index contributed by atoms with van der Waals surface area (Å²) in [6.45, 7) is 0.756. The summed E-state index contributed by atoms with van der Waals surface area (Å²) in [4.78, 5) is 0.250. The summed E-state index contributed by atoms with van der Waals surface area (Å²) in [5.74, 6) is 0.755. The first kappa shape index (κ1) is 22.5. The van der Waals surface area contributed by atoms with Crippen molar-refractivity contribution in [1.29, 1.82) is 5.41 Å². The van der Waals surface area contributed by atoms with Gasteiger partial charge in [0.1, 0.15) is 22.1 Å². The molecule has 0 aliphatic carbocycles. The lowest BCUT2D eigenvalue weighted by Crippen LogP contribution is -2.19. The maximum atomic E-state index is 13.2. The van der Waals surface area contributed by atoms with E-state index in [1.54, 1.807) is 36.4 Å². The quantitative estimate of drug-likeness (QED) is 0.198. The van der Waals surface area contributed by atoms with Crippen LogP contribution < -0.4 is 15.8 Å². The maximum absolute atomic E-state index is 13.2. The van der Waals surface area contributed by atoms with Gasteiger partial charge in [-0.15, -0.1) is 0 Å². The van der Waals surface area contributed by atoms with E-state index >= 15 is 0 Å². The van der Waals surface area contributed by atoms with E-state index in [0.717, 1.165) is 46.1 Å². The minimum Gasteiger partial charge on any atom is -0.459 e. The Labute approximate surface area is 206 Å². The van der Waals surface area contributed by atoms with Crippen LogP contribution in [0.15, 0.2) is 74.4 Å². The Hall–Kier alpha value is -3.30. The molecular weight excluding hydrogens is 516 g/mol. The Balaban J connectivity index is 1.42. The summed E-state index contributed by atoms with van der Waals surface area (Å²) in [6.07, 6.45) is 2.38. The van der Waals surface area contributed by atoms with Gasteiger partial charge in [0.25, 0.3) is 10.0 Å². The second-order valence-electron chi connectivity index (χ2n) is 8.26. The average Bonchev–Trinajstić information content (AvgIpc) is 3.13. The molecule has 0 atom stereocenters. The van der Waals surface area contributed by atoms with Crippen LogP contribution in [0.25, 0.3) is 11.0 Å². The highest BCUT2D eigenvalue weighted by molar-refractivity contribution is 9.10. The van der Waals surface area contributed by atoms with Gasteiger partial charge in [0.15, 0.2) is 0 Å². The molecule has 1 aliphatic heterocycles. The molecule has 0 bridgehead atoms. The van der Waals surface area contributed by atoms with Crippen molar-refractivity contribution in [2.45, 2.75) is 24.2 Å². The number of anilines is 2. The van der Waals surface area contributed by atoms with Crippen molar-refractivity contribution >= 4 is 54.1 Å². The fraction of sp³-hybridized carbons (Fsp3) is 0.160. The number of nitrogens with two attached hydrogens (primary N) is 1. The predicted molar refractivity (Wildman–Crippen MR) is 138 cm³/mol. The Kier molecular flexibility index (Phi) is 5.83. The molecule has 9 heteroatoms. The van der Waals surface area contributed by atoms with Gasteiger partial charge in [-0.2, -0.15) is 0 Å². The van der Waals surface area contributed by atoms with E-state index in [2.05, 4.69) is 26.0 Å². The molecule has 0 amide bonds. The monoisotopic (exact) mass is 538 g/mol. The minimum atomic E-state index is -3.78. The summed E-state index contributed by atoms with van der Waals surface area (Å²) in [5, 5.41) is 11.6. The number of hydrogen-bond acceptors (Lipinski definition) is 5. The van der Waals surface area contributed by atoms with Crippen molar-refractivity contribution in [2.24, 2.45) is 5.73 Å². The molecule has 1 aromatic heterocycles. The summed E-state index contributed by atoms with van der Waals surface area (Å²) in [7, 11) is -3.78. The zero-order chi connectivity index (χ0) is 23.9. The fourth-order valence-corrected chi connectivity index (χ4v) is 6.02. The third kappa shape index (κ3) is 4.28. The molecule has 5 rings (SSSR count). The van der Waals surface area contributed by atoms with Crippen LogP contribution in [0.3, 0.4) is 0 Å². The highest BCUT2D eigenvalue weighted by Gasteiger charge is 2.23. The van der Waals surface area contributed by atoms with Crippen LogP contribution in [0, 0.1) is 5.41 Å². The van der Waals surface area contributed by atoms with E-state index in [-0.39, 0.29) is 10.7 Å². The number of hydrogen-bond donors (Lipinski definition) is 4. The molecule has 34 heavy (non-hydrogen) atoms. The van der Waals surface area contributed by atoms with Gasteiger partial charge in [0, 0.05) is 30.0 Å². The van der Waals surface area contributed by atoms with E-state index < -0.39 is 10.0 Å². The second-order valence-corrected chi connectivity index (χ2v) is 10.7. The van der Waals surface area contributed by atoms with E-state index in [1.165, 1.54) is 0 Å². The van der Waals surface area contributed by atoms with E-state index in [4.69, 9.17) is 15.6 Å². The lowest BCUT2D eigenvalue weighted by atomic mass is 10.0.